The molecule has 0 aromatic heterocycles. The summed E-state index contributed by atoms with van der Waals surface area (Å²) < 4.78 is 5.06. The molecule has 7 N–H and O–H groups in total. The third-order valence-corrected chi connectivity index (χ3v) is 3.19. The SMILES string of the molecule is CC(C)(C)OC(=O)NCCNC(=O)CNC(=O)CNc1cccc(C(=N)N)c1.Cl. The number of ether oxygens (including phenoxy) is 1. The maximum Gasteiger partial charge on any atom is 0.407 e. The van der Waals surface area contributed by atoms with Crippen molar-refractivity contribution in [1.82, 2.24) is 16.0 Å². The van der Waals surface area contributed by atoms with Crippen LogP contribution >= 0.6 is 12.4 Å². The molecule has 0 unspecified atom stereocenters. The predicted octanol–water partition coefficient (Wildman–Crippen LogP) is 0.561. The van der Waals surface area contributed by atoms with Gasteiger partial charge in [0.15, 0.2) is 0 Å². The van der Waals surface area contributed by atoms with E-state index in [9.17, 15) is 14.4 Å². The van der Waals surface area contributed by atoms with Crippen LogP contribution in [0.4, 0.5) is 10.5 Å². The third kappa shape index (κ3) is 12.1. The van der Waals surface area contributed by atoms with Gasteiger partial charge in [0, 0.05) is 24.3 Å². The van der Waals surface area contributed by atoms with Gasteiger partial charge in [0.1, 0.15) is 11.4 Å². The van der Waals surface area contributed by atoms with Crippen LogP contribution in [0, 0.1) is 5.41 Å². The number of amides is 3. The van der Waals surface area contributed by atoms with Crippen LogP contribution in [0.5, 0.6) is 0 Å². The number of hydrogen-bond donors (Lipinski definition) is 6. The van der Waals surface area contributed by atoms with E-state index in [0.29, 0.717) is 11.3 Å². The molecular weight excluding hydrogens is 400 g/mol. The van der Waals surface area contributed by atoms with E-state index in [2.05, 4.69) is 21.3 Å². The van der Waals surface area contributed by atoms with E-state index in [1.165, 1.54) is 0 Å². The molecule has 0 saturated carbocycles. The van der Waals surface area contributed by atoms with Crippen molar-refractivity contribution in [2.24, 2.45) is 5.73 Å². The van der Waals surface area contributed by atoms with Crippen LogP contribution in [0.25, 0.3) is 0 Å². The van der Waals surface area contributed by atoms with Crippen molar-refractivity contribution in [3.8, 4) is 0 Å². The van der Waals surface area contributed by atoms with Gasteiger partial charge >= 0.3 is 6.09 Å². The molecule has 29 heavy (non-hydrogen) atoms. The number of nitrogen functional groups attached to an aromatic ring is 1. The van der Waals surface area contributed by atoms with Gasteiger partial charge in [-0.15, -0.1) is 12.4 Å². The lowest BCUT2D eigenvalue weighted by Gasteiger charge is -2.19. The Kier molecular flexibility index (Phi) is 11.2. The van der Waals surface area contributed by atoms with E-state index >= 15 is 0 Å². The maximum atomic E-state index is 11.8. The number of amidine groups is 1. The molecule has 11 heteroatoms. The van der Waals surface area contributed by atoms with Gasteiger partial charge in [0.25, 0.3) is 0 Å². The van der Waals surface area contributed by atoms with E-state index in [-0.39, 0.29) is 56.2 Å². The Balaban J connectivity index is 0.00000784. The Morgan fingerprint density at radius 2 is 1.66 bits per heavy atom. The average Bonchev–Trinajstić information content (AvgIpc) is 2.60. The first-order valence-electron chi connectivity index (χ1n) is 8.75. The van der Waals surface area contributed by atoms with Crippen LogP contribution in [0.15, 0.2) is 24.3 Å². The largest absolute Gasteiger partial charge is 0.444 e. The second-order valence-corrected chi connectivity index (χ2v) is 6.90. The van der Waals surface area contributed by atoms with E-state index in [1.54, 1.807) is 45.0 Å². The fraction of sp³-hybridized carbons (Fsp3) is 0.444. The molecule has 0 aliphatic heterocycles. The van der Waals surface area contributed by atoms with Crippen molar-refractivity contribution in [2.45, 2.75) is 26.4 Å². The second kappa shape index (κ2) is 12.4. The molecule has 0 fully saturated rings. The Morgan fingerprint density at radius 3 is 2.28 bits per heavy atom. The number of hydrogen-bond acceptors (Lipinski definition) is 6. The lowest BCUT2D eigenvalue weighted by Crippen LogP contribution is -2.42. The topological polar surface area (TPSA) is 158 Å². The van der Waals surface area contributed by atoms with Crippen molar-refractivity contribution < 1.29 is 19.1 Å². The number of alkyl carbamates (subject to hydrolysis) is 1. The summed E-state index contributed by atoms with van der Waals surface area (Å²) >= 11 is 0. The summed E-state index contributed by atoms with van der Waals surface area (Å²) in [6, 6.07) is 6.80. The van der Waals surface area contributed by atoms with Gasteiger partial charge in [-0.05, 0) is 32.9 Å². The van der Waals surface area contributed by atoms with Crippen molar-refractivity contribution in [3.05, 3.63) is 29.8 Å². The number of halogens is 1. The lowest BCUT2D eigenvalue weighted by molar-refractivity contribution is -0.125. The molecule has 0 bridgehead atoms. The minimum atomic E-state index is -0.584. The summed E-state index contributed by atoms with van der Waals surface area (Å²) in [6.45, 7) is 5.48. The molecule has 0 aliphatic rings. The molecule has 0 radical (unpaired) electrons. The van der Waals surface area contributed by atoms with Crippen molar-refractivity contribution in [2.75, 3.05) is 31.5 Å². The Hall–Kier alpha value is -3.01. The summed E-state index contributed by atoms with van der Waals surface area (Å²) in [4.78, 5) is 34.9. The summed E-state index contributed by atoms with van der Waals surface area (Å²) in [5.74, 6) is -0.806. The third-order valence-electron chi connectivity index (χ3n) is 3.19. The molecule has 10 nitrogen and oxygen atoms in total. The first-order valence-corrected chi connectivity index (χ1v) is 8.75. The van der Waals surface area contributed by atoms with Crippen molar-refractivity contribution in [1.29, 1.82) is 5.41 Å². The zero-order chi connectivity index (χ0) is 21.2. The van der Waals surface area contributed by atoms with Crippen LogP contribution in [0.1, 0.15) is 26.3 Å². The average molecular weight is 429 g/mol. The molecule has 1 aromatic rings. The number of carbonyl (C=O) groups excluding carboxylic acids is 3. The van der Waals surface area contributed by atoms with Crippen molar-refractivity contribution in [3.63, 3.8) is 0 Å². The monoisotopic (exact) mass is 428 g/mol. The van der Waals surface area contributed by atoms with E-state index in [0.717, 1.165) is 0 Å². The van der Waals surface area contributed by atoms with E-state index in [4.69, 9.17) is 15.9 Å². The van der Waals surface area contributed by atoms with E-state index in [1.807, 2.05) is 0 Å². The zero-order valence-electron chi connectivity index (χ0n) is 16.8. The molecule has 0 aliphatic carbocycles. The number of nitrogens with one attached hydrogen (secondary N) is 5. The molecule has 162 valence electrons. The van der Waals surface area contributed by atoms with E-state index < -0.39 is 11.7 Å². The van der Waals surface area contributed by atoms with Crippen molar-refractivity contribution >= 4 is 41.8 Å². The van der Waals surface area contributed by atoms with Gasteiger partial charge < -0.3 is 31.7 Å². The smallest absolute Gasteiger partial charge is 0.407 e. The van der Waals surface area contributed by atoms with Crippen LogP contribution in [0.3, 0.4) is 0 Å². The first kappa shape index (κ1) is 26.0. The number of rotatable bonds is 9. The quantitative estimate of drug-likeness (QED) is 0.191. The first-order chi connectivity index (χ1) is 13.1. The molecule has 3 amide bonds. The molecule has 0 atom stereocenters. The fourth-order valence-corrected chi connectivity index (χ4v) is 1.96. The number of carbonyl (C=O) groups is 3. The molecule has 0 spiro atoms. The fourth-order valence-electron chi connectivity index (χ4n) is 1.96. The highest BCUT2D eigenvalue weighted by atomic mass is 35.5. The maximum absolute atomic E-state index is 11.8. The van der Waals surface area contributed by atoms with Crippen LogP contribution in [-0.4, -0.2) is 55.5 Å². The standard InChI is InChI=1S/C18H28N6O4.ClH/c1-18(2,3)28-17(27)22-8-7-21-14(25)11-24-15(26)10-23-13-6-4-5-12(9-13)16(19)20;/h4-6,9,23H,7-8,10-11H2,1-3H3,(H3,19,20)(H,21,25)(H,22,27)(H,24,26);1H. The highest BCUT2D eigenvalue weighted by molar-refractivity contribution is 5.96. The highest BCUT2D eigenvalue weighted by Gasteiger charge is 2.15. The predicted molar refractivity (Wildman–Crippen MR) is 113 cm³/mol. The summed E-state index contributed by atoms with van der Waals surface area (Å²) in [7, 11) is 0. The molecular formula is C18H29ClN6O4. The normalized spacial score (nSPS) is 10.2. The molecule has 1 rings (SSSR count). The second-order valence-electron chi connectivity index (χ2n) is 6.90. The number of anilines is 1. The Morgan fingerprint density at radius 1 is 1.03 bits per heavy atom. The summed E-state index contributed by atoms with van der Waals surface area (Å²) in [5.41, 5.74) is 6.02. The van der Waals surface area contributed by atoms with Gasteiger partial charge in [-0.25, -0.2) is 4.79 Å². The van der Waals surface area contributed by atoms with Crippen LogP contribution < -0.4 is 27.0 Å². The molecule has 0 heterocycles. The Labute approximate surface area is 176 Å². The summed E-state index contributed by atoms with van der Waals surface area (Å²) in [6.07, 6.45) is -0.560. The summed E-state index contributed by atoms with van der Waals surface area (Å²) in [5, 5.41) is 17.8. The minimum absolute atomic E-state index is 0. The van der Waals surface area contributed by atoms with Gasteiger partial charge in [-0.2, -0.15) is 0 Å². The molecule has 1 aromatic carbocycles. The van der Waals surface area contributed by atoms with Gasteiger partial charge in [0.05, 0.1) is 13.1 Å². The molecule has 0 saturated heterocycles. The highest BCUT2D eigenvalue weighted by Crippen LogP contribution is 2.09. The number of nitrogens with two attached hydrogens (primary N) is 1. The lowest BCUT2D eigenvalue weighted by atomic mass is 10.2. The van der Waals surface area contributed by atoms with Crippen LogP contribution in [-0.2, 0) is 14.3 Å². The van der Waals surface area contributed by atoms with Crippen LogP contribution in [0.2, 0.25) is 0 Å². The number of benzene rings is 1. The minimum Gasteiger partial charge on any atom is -0.444 e. The Bertz CT molecular complexity index is 721. The van der Waals surface area contributed by atoms with Gasteiger partial charge in [0.2, 0.25) is 11.8 Å². The zero-order valence-corrected chi connectivity index (χ0v) is 17.6. The van der Waals surface area contributed by atoms with Gasteiger partial charge in [-0.1, -0.05) is 12.1 Å². The van der Waals surface area contributed by atoms with Gasteiger partial charge in [-0.3, -0.25) is 15.0 Å².